The van der Waals surface area contributed by atoms with Crippen LogP contribution in [-0.4, -0.2) is 37.3 Å². The SMILES string of the molecule is CSc1ncc(C(=O)NC(C)c2n[nH]c(C)n2)cn1. The Morgan fingerprint density at radius 1 is 1.42 bits per heavy atom. The maximum atomic E-state index is 12.0. The van der Waals surface area contributed by atoms with E-state index >= 15 is 0 Å². The summed E-state index contributed by atoms with van der Waals surface area (Å²) in [7, 11) is 0. The van der Waals surface area contributed by atoms with Crippen molar-refractivity contribution in [3.8, 4) is 0 Å². The van der Waals surface area contributed by atoms with Crippen molar-refractivity contribution in [1.82, 2.24) is 30.5 Å². The average molecular weight is 278 g/mol. The Hall–Kier alpha value is -1.96. The lowest BCUT2D eigenvalue weighted by Crippen LogP contribution is -2.27. The Bertz CT molecular complexity index is 567. The molecule has 2 rings (SSSR count). The lowest BCUT2D eigenvalue weighted by atomic mass is 10.2. The monoisotopic (exact) mass is 278 g/mol. The van der Waals surface area contributed by atoms with Crippen molar-refractivity contribution in [2.24, 2.45) is 0 Å². The zero-order valence-electron chi connectivity index (χ0n) is 10.8. The number of carbonyl (C=O) groups is 1. The number of carbonyl (C=O) groups excluding carboxylic acids is 1. The van der Waals surface area contributed by atoms with Crippen LogP contribution in [0.5, 0.6) is 0 Å². The molecule has 0 bridgehead atoms. The Labute approximate surface area is 114 Å². The smallest absolute Gasteiger partial charge is 0.255 e. The van der Waals surface area contributed by atoms with Gasteiger partial charge in [0.1, 0.15) is 5.82 Å². The fourth-order valence-electron chi connectivity index (χ4n) is 1.44. The van der Waals surface area contributed by atoms with Gasteiger partial charge in [-0.3, -0.25) is 9.89 Å². The van der Waals surface area contributed by atoms with Crippen LogP contribution in [0.3, 0.4) is 0 Å². The van der Waals surface area contributed by atoms with E-state index < -0.39 is 0 Å². The molecule has 0 aliphatic carbocycles. The van der Waals surface area contributed by atoms with Gasteiger partial charge in [-0.25, -0.2) is 15.0 Å². The molecule has 2 N–H and O–H groups in total. The molecule has 7 nitrogen and oxygen atoms in total. The van der Waals surface area contributed by atoms with Crippen molar-refractivity contribution in [3.63, 3.8) is 0 Å². The largest absolute Gasteiger partial charge is 0.342 e. The number of nitrogens with zero attached hydrogens (tertiary/aromatic N) is 4. The topological polar surface area (TPSA) is 96.5 Å². The number of hydrogen-bond acceptors (Lipinski definition) is 6. The first-order chi connectivity index (χ1) is 9.10. The van der Waals surface area contributed by atoms with Crippen LogP contribution >= 0.6 is 11.8 Å². The number of aromatic nitrogens is 5. The average Bonchev–Trinajstić information content (AvgIpc) is 2.85. The van der Waals surface area contributed by atoms with Gasteiger partial charge in [0.05, 0.1) is 11.6 Å². The number of H-pyrrole nitrogens is 1. The predicted octanol–water partition coefficient (Wildman–Crippen LogP) is 1.12. The number of amides is 1. The Kier molecular flexibility index (Phi) is 4.10. The summed E-state index contributed by atoms with van der Waals surface area (Å²) in [6, 6.07) is -0.280. The molecule has 0 aliphatic rings. The molecule has 0 aliphatic heterocycles. The molecule has 0 fully saturated rings. The molecular weight excluding hydrogens is 264 g/mol. The van der Waals surface area contributed by atoms with Crippen molar-refractivity contribution in [2.45, 2.75) is 25.0 Å². The molecule has 100 valence electrons. The molecular formula is C11H14N6OS. The van der Waals surface area contributed by atoms with Crippen LogP contribution in [0.25, 0.3) is 0 Å². The van der Waals surface area contributed by atoms with Crippen molar-refractivity contribution in [1.29, 1.82) is 0 Å². The summed E-state index contributed by atoms with van der Waals surface area (Å²) < 4.78 is 0. The molecule has 0 radical (unpaired) electrons. The van der Waals surface area contributed by atoms with Gasteiger partial charge >= 0.3 is 0 Å². The predicted molar refractivity (Wildman–Crippen MR) is 70.8 cm³/mol. The van der Waals surface area contributed by atoms with Gasteiger partial charge in [0, 0.05) is 12.4 Å². The van der Waals surface area contributed by atoms with E-state index in [-0.39, 0.29) is 11.9 Å². The quantitative estimate of drug-likeness (QED) is 0.642. The van der Waals surface area contributed by atoms with E-state index in [1.165, 1.54) is 24.2 Å². The lowest BCUT2D eigenvalue weighted by Gasteiger charge is -2.10. The van der Waals surface area contributed by atoms with Gasteiger partial charge in [-0.05, 0) is 20.1 Å². The normalized spacial score (nSPS) is 12.2. The second-order valence-electron chi connectivity index (χ2n) is 3.93. The molecule has 1 atom stereocenters. The molecule has 0 saturated carbocycles. The minimum Gasteiger partial charge on any atom is -0.342 e. The number of thioether (sulfide) groups is 1. The van der Waals surface area contributed by atoms with E-state index in [0.29, 0.717) is 22.4 Å². The summed E-state index contributed by atoms with van der Waals surface area (Å²) in [4.78, 5) is 24.3. The van der Waals surface area contributed by atoms with E-state index in [4.69, 9.17) is 0 Å². The van der Waals surface area contributed by atoms with Crippen LogP contribution in [0.4, 0.5) is 0 Å². The molecule has 2 aromatic rings. The highest BCUT2D eigenvalue weighted by Crippen LogP contribution is 2.09. The minimum absolute atomic E-state index is 0.248. The number of hydrogen-bond donors (Lipinski definition) is 2. The lowest BCUT2D eigenvalue weighted by molar-refractivity contribution is 0.0937. The van der Waals surface area contributed by atoms with Crippen LogP contribution in [-0.2, 0) is 0 Å². The number of aryl methyl sites for hydroxylation is 1. The highest BCUT2D eigenvalue weighted by Gasteiger charge is 2.15. The van der Waals surface area contributed by atoms with E-state index in [1.54, 1.807) is 6.92 Å². The van der Waals surface area contributed by atoms with Gasteiger partial charge in [-0.2, -0.15) is 5.10 Å². The van der Waals surface area contributed by atoms with Crippen LogP contribution < -0.4 is 5.32 Å². The van der Waals surface area contributed by atoms with Crippen molar-refractivity contribution < 1.29 is 4.79 Å². The van der Waals surface area contributed by atoms with Gasteiger partial charge < -0.3 is 5.32 Å². The van der Waals surface area contributed by atoms with E-state index in [1.807, 2.05) is 13.2 Å². The standard InChI is InChI=1S/C11H14N6OS/c1-6(9-15-7(2)16-17-9)14-10(18)8-4-12-11(19-3)13-5-8/h4-6H,1-3H3,(H,14,18)(H,15,16,17). The Morgan fingerprint density at radius 2 is 2.11 bits per heavy atom. The zero-order chi connectivity index (χ0) is 13.8. The Morgan fingerprint density at radius 3 is 2.63 bits per heavy atom. The summed E-state index contributed by atoms with van der Waals surface area (Å²) in [5.41, 5.74) is 0.414. The van der Waals surface area contributed by atoms with E-state index in [9.17, 15) is 4.79 Å². The molecule has 0 aromatic carbocycles. The summed E-state index contributed by atoms with van der Waals surface area (Å²) >= 11 is 1.42. The van der Waals surface area contributed by atoms with Crippen LogP contribution in [0.1, 0.15) is 35.0 Å². The molecule has 8 heteroatoms. The molecule has 2 heterocycles. The van der Waals surface area contributed by atoms with E-state index in [2.05, 4.69) is 30.5 Å². The fourth-order valence-corrected chi connectivity index (χ4v) is 1.75. The second-order valence-corrected chi connectivity index (χ2v) is 4.71. The fraction of sp³-hybridized carbons (Fsp3) is 0.364. The summed E-state index contributed by atoms with van der Waals surface area (Å²) in [6.45, 7) is 3.62. The molecule has 1 unspecified atom stereocenters. The van der Waals surface area contributed by atoms with Gasteiger partial charge in [0.2, 0.25) is 0 Å². The molecule has 1 amide bonds. The number of rotatable bonds is 4. The van der Waals surface area contributed by atoms with Crippen LogP contribution in [0.2, 0.25) is 0 Å². The van der Waals surface area contributed by atoms with Crippen molar-refractivity contribution in [3.05, 3.63) is 29.6 Å². The second kappa shape index (κ2) is 5.79. The van der Waals surface area contributed by atoms with Gasteiger partial charge in [0.25, 0.3) is 5.91 Å². The maximum absolute atomic E-state index is 12.0. The van der Waals surface area contributed by atoms with Crippen LogP contribution in [0, 0.1) is 6.92 Å². The molecule has 0 saturated heterocycles. The Balaban J connectivity index is 2.03. The van der Waals surface area contributed by atoms with Crippen molar-refractivity contribution >= 4 is 17.7 Å². The third-order valence-corrected chi connectivity index (χ3v) is 3.00. The van der Waals surface area contributed by atoms with E-state index in [0.717, 1.165) is 0 Å². The first kappa shape index (κ1) is 13.5. The minimum atomic E-state index is -0.280. The third-order valence-electron chi connectivity index (χ3n) is 2.42. The number of aromatic amines is 1. The molecule has 2 aromatic heterocycles. The van der Waals surface area contributed by atoms with Gasteiger partial charge in [0.15, 0.2) is 11.0 Å². The molecule has 19 heavy (non-hydrogen) atoms. The van der Waals surface area contributed by atoms with Crippen LogP contribution in [0.15, 0.2) is 17.6 Å². The number of nitrogens with one attached hydrogen (secondary N) is 2. The molecule has 0 spiro atoms. The zero-order valence-corrected chi connectivity index (χ0v) is 11.7. The van der Waals surface area contributed by atoms with Gasteiger partial charge in [-0.1, -0.05) is 11.8 Å². The van der Waals surface area contributed by atoms with Crippen molar-refractivity contribution in [2.75, 3.05) is 6.26 Å². The first-order valence-electron chi connectivity index (χ1n) is 5.66. The van der Waals surface area contributed by atoms with Gasteiger partial charge in [-0.15, -0.1) is 0 Å². The highest BCUT2D eigenvalue weighted by atomic mass is 32.2. The highest BCUT2D eigenvalue weighted by molar-refractivity contribution is 7.98. The maximum Gasteiger partial charge on any atom is 0.255 e. The summed E-state index contributed by atoms with van der Waals surface area (Å²) in [5, 5.41) is 10.2. The summed E-state index contributed by atoms with van der Waals surface area (Å²) in [5.74, 6) is 1.01. The third kappa shape index (κ3) is 3.28. The first-order valence-corrected chi connectivity index (χ1v) is 6.88. The summed E-state index contributed by atoms with van der Waals surface area (Å²) in [6.07, 6.45) is 4.89.